The lowest BCUT2D eigenvalue weighted by Gasteiger charge is -2.09. The minimum absolute atomic E-state index is 0.206. The van der Waals surface area contributed by atoms with Crippen LogP contribution in [0.1, 0.15) is 43.1 Å². The molecule has 0 fully saturated rings. The van der Waals surface area contributed by atoms with Gasteiger partial charge in [0, 0.05) is 29.2 Å². The predicted octanol–water partition coefficient (Wildman–Crippen LogP) is 4.98. The molecule has 0 aliphatic carbocycles. The molecular formula is C23H23FN4O2. The number of hydrogen-bond acceptors (Lipinski definition) is 4. The zero-order valence-corrected chi connectivity index (χ0v) is 17.1. The molecule has 1 N–H and O–H groups in total. The van der Waals surface area contributed by atoms with Gasteiger partial charge in [-0.1, -0.05) is 37.2 Å². The van der Waals surface area contributed by atoms with Gasteiger partial charge in [-0.05, 0) is 43.2 Å². The second kappa shape index (κ2) is 8.10. The number of nitrogens with one attached hydrogen (secondary N) is 1. The third-order valence-corrected chi connectivity index (χ3v) is 4.86. The number of para-hydroxylation sites is 1. The molecule has 0 aliphatic rings. The maximum Gasteiger partial charge on any atom is 0.254 e. The summed E-state index contributed by atoms with van der Waals surface area (Å²) in [5.41, 5.74) is 2.28. The van der Waals surface area contributed by atoms with Gasteiger partial charge in [0.05, 0.1) is 5.56 Å². The lowest BCUT2D eigenvalue weighted by molar-refractivity contribution is 0.0934. The van der Waals surface area contributed by atoms with Gasteiger partial charge >= 0.3 is 0 Å². The first-order valence-corrected chi connectivity index (χ1v) is 9.90. The highest BCUT2D eigenvalue weighted by Gasteiger charge is 2.21. The summed E-state index contributed by atoms with van der Waals surface area (Å²) in [5.74, 6) is 0.551. The molecule has 0 aliphatic heterocycles. The number of fused-ring (bicyclic) bond motifs is 1. The monoisotopic (exact) mass is 406 g/mol. The summed E-state index contributed by atoms with van der Waals surface area (Å²) < 4.78 is 20.5. The molecule has 0 radical (unpaired) electrons. The van der Waals surface area contributed by atoms with Crippen LogP contribution in [0.2, 0.25) is 0 Å². The van der Waals surface area contributed by atoms with E-state index in [1.807, 2.05) is 30.5 Å². The fourth-order valence-corrected chi connectivity index (χ4v) is 3.44. The summed E-state index contributed by atoms with van der Waals surface area (Å²) in [4.78, 5) is 17.3. The third-order valence-electron chi connectivity index (χ3n) is 4.86. The highest BCUT2D eigenvalue weighted by molar-refractivity contribution is 6.07. The van der Waals surface area contributed by atoms with Crippen LogP contribution in [-0.4, -0.2) is 20.6 Å². The van der Waals surface area contributed by atoms with Crippen LogP contribution in [0.25, 0.3) is 22.3 Å². The Balaban J connectivity index is 1.55. The molecule has 1 atom stereocenters. The molecule has 0 bridgehead atoms. The molecule has 154 valence electrons. The van der Waals surface area contributed by atoms with Crippen molar-refractivity contribution in [3.8, 4) is 11.4 Å². The van der Waals surface area contributed by atoms with Crippen molar-refractivity contribution in [1.29, 1.82) is 0 Å². The van der Waals surface area contributed by atoms with E-state index in [1.165, 1.54) is 12.1 Å². The Bertz CT molecular complexity index is 1180. The van der Waals surface area contributed by atoms with Crippen LogP contribution in [0.4, 0.5) is 4.39 Å². The topological polar surface area (TPSA) is 73.0 Å². The van der Waals surface area contributed by atoms with E-state index in [4.69, 9.17) is 4.52 Å². The molecular weight excluding hydrogens is 383 g/mol. The van der Waals surface area contributed by atoms with Gasteiger partial charge < -0.3 is 14.4 Å². The number of nitrogens with zero attached hydrogens (tertiary/aromatic N) is 3. The fourth-order valence-electron chi connectivity index (χ4n) is 3.44. The number of carbonyl (C=O) groups excluding carboxylic acids is 1. The average molecular weight is 406 g/mol. The van der Waals surface area contributed by atoms with Crippen molar-refractivity contribution in [2.75, 3.05) is 0 Å². The number of amides is 1. The van der Waals surface area contributed by atoms with Crippen LogP contribution in [-0.2, 0) is 6.54 Å². The van der Waals surface area contributed by atoms with Gasteiger partial charge in [-0.15, -0.1) is 0 Å². The zero-order valence-electron chi connectivity index (χ0n) is 17.1. The van der Waals surface area contributed by atoms with E-state index in [1.54, 1.807) is 19.1 Å². The average Bonchev–Trinajstić information content (AvgIpc) is 3.34. The van der Waals surface area contributed by atoms with Crippen molar-refractivity contribution in [1.82, 2.24) is 20.0 Å². The number of hydrogen-bond donors (Lipinski definition) is 1. The van der Waals surface area contributed by atoms with Crippen LogP contribution >= 0.6 is 0 Å². The highest BCUT2D eigenvalue weighted by Crippen LogP contribution is 2.24. The molecule has 2 aromatic carbocycles. The Morgan fingerprint density at radius 2 is 1.87 bits per heavy atom. The minimum Gasteiger partial charge on any atom is -0.346 e. The molecule has 30 heavy (non-hydrogen) atoms. The van der Waals surface area contributed by atoms with Crippen LogP contribution in [0.15, 0.2) is 59.3 Å². The Kier molecular flexibility index (Phi) is 5.35. The smallest absolute Gasteiger partial charge is 0.254 e. The van der Waals surface area contributed by atoms with Gasteiger partial charge in [-0.25, -0.2) is 4.39 Å². The third kappa shape index (κ3) is 3.96. The van der Waals surface area contributed by atoms with Crippen LogP contribution in [0.5, 0.6) is 0 Å². The van der Waals surface area contributed by atoms with Gasteiger partial charge in [-0.3, -0.25) is 4.79 Å². The maximum atomic E-state index is 13.1. The number of carbonyl (C=O) groups is 1. The quantitative estimate of drug-likeness (QED) is 0.490. The minimum atomic E-state index is -0.480. The number of aromatic nitrogens is 3. The van der Waals surface area contributed by atoms with Gasteiger partial charge in [0.1, 0.15) is 11.9 Å². The molecule has 2 aromatic heterocycles. The normalized spacial score (nSPS) is 12.4. The summed E-state index contributed by atoms with van der Waals surface area (Å²) in [5, 5.41) is 7.78. The Morgan fingerprint density at radius 1 is 1.13 bits per heavy atom. The van der Waals surface area contributed by atoms with Crippen molar-refractivity contribution in [3.05, 3.63) is 72.0 Å². The second-order valence-corrected chi connectivity index (χ2v) is 7.76. The van der Waals surface area contributed by atoms with Crippen molar-refractivity contribution in [2.24, 2.45) is 5.92 Å². The van der Waals surface area contributed by atoms with E-state index < -0.39 is 6.04 Å². The molecule has 4 rings (SSSR count). The van der Waals surface area contributed by atoms with Gasteiger partial charge in [0.2, 0.25) is 11.7 Å². The standard InChI is InChI=1S/C23H23FN4O2/c1-14(2)12-28-13-19(18-6-4-5-7-20(18)28)22(29)25-15(3)23-26-21(27-30-23)16-8-10-17(24)11-9-16/h4-11,13-15H,12H2,1-3H3,(H,25,29). The maximum absolute atomic E-state index is 13.1. The highest BCUT2D eigenvalue weighted by atomic mass is 19.1. The summed E-state index contributed by atoms with van der Waals surface area (Å²) in [7, 11) is 0. The largest absolute Gasteiger partial charge is 0.346 e. The van der Waals surface area contributed by atoms with E-state index in [9.17, 15) is 9.18 Å². The number of benzene rings is 2. The van der Waals surface area contributed by atoms with Crippen molar-refractivity contribution < 1.29 is 13.7 Å². The van der Waals surface area contributed by atoms with Gasteiger partial charge in [0.15, 0.2) is 0 Å². The van der Waals surface area contributed by atoms with Gasteiger partial charge in [-0.2, -0.15) is 4.98 Å². The second-order valence-electron chi connectivity index (χ2n) is 7.76. The number of rotatable bonds is 6. The number of halogens is 1. The summed E-state index contributed by atoms with van der Waals surface area (Å²) >= 11 is 0. The summed E-state index contributed by atoms with van der Waals surface area (Å²) in [6, 6.07) is 13.2. The molecule has 1 unspecified atom stereocenters. The molecule has 4 aromatic rings. The first-order chi connectivity index (χ1) is 14.4. The first-order valence-electron chi connectivity index (χ1n) is 9.90. The molecule has 0 spiro atoms. The van der Waals surface area contributed by atoms with Gasteiger partial charge in [0.25, 0.3) is 5.91 Å². The summed E-state index contributed by atoms with van der Waals surface area (Å²) in [6.45, 7) is 6.90. The van der Waals surface area contributed by atoms with E-state index in [-0.39, 0.29) is 17.6 Å². The van der Waals surface area contributed by atoms with Crippen LogP contribution < -0.4 is 5.32 Å². The molecule has 0 saturated carbocycles. The van der Waals surface area contributed by atoms with E-state index in [0.717, 1.165) is 17.4 Å². The fraction of sp³-hybridized carbons (Fsp3) is 0.261. The molecule has 2 heterocycles. The van der Waals surface area contributed by atoms with Crippen LogP contribution in [0, 0.1) is 11.7 Å². The van der Waals surface area contributed by atoms with E-state index in [0.29, 0.717) is 22.9 Å². The molecule has 1 amide bonds. The Morgan fingerprint density at radius 3 is 2.60 bits per heavy atom. The predicted molar refractivity (Wildman–Crippen MR) is 112 cm³/mol. The lowest BCUT2D eigenvalue weighted by atomic mass is 10.1. The van der Waals surface area contributed by atoms with Crippen molar-refractivity contribution in [2.45, 2.75) is 33.4 Å². The zero-order chi connectivity index (χ0) is 21.3. The van der Waals surface area contributed by atoms with E-state index >= 15 is 0 Å². The Hall–Kier alpha value is -3.48. The van der Waals surface area contributed by atoms with Crippen molar-refractivity contribution in [3.63, 3.8) is 0 Å². The molecule has 0 saturated heterocycles. The van der Waals surface area contributed by atoms with Crippen molar-refractivity contribution >= 4 is 16.8 Å². The summed E-state index contributed by atoms with van der Waals surface area (Å²) in [6.07, 6.45) is 1.89. The Labute approximate surface area is 173 Å². The van der Waals surface area contributed by atoms with E-state index in [2.05, 4.69) is 33.9 Å². The first kappa shape index (κ1) is 19.8. The molecule has 7 heteroatoms. The molecule has 6 nitrogen and oxygen atoms in total. The van der Waals surface area contributed by atoms with Crippen LogP contribution in [0.3, 0.4) is 0 Å². The lowest BCUT2D eigenvalue weighted by Crippen LogP contribution is -2.26. The SMILES string of the molecule is CC(C)Cn1cc(C(=O)NC(C)c2nc(-c3ccc(F)cc3)no2)c2ccccc21.